The summed E-state index contributed by atoms with van der Waals surface area (Å²) in [6.45, 7) is 2.14. The molecule has 0 aliphatic carbocycles. The van der Waals surface area contributed by atoms with Gasteiger partial charge in [0.25, 0.3) is 5.91 Å². The fourth-order valence-electron chi connectivity index (χ4n) is 2.82. The van der Waals surface area contributed by atoms with E-state index in [0.717, 1.165) is 39.0 Å². The molecule has 0 fully saturated rings. The third kappa shape index (κ3) is 2.98. The highest BCUT2D eigenvalue weighted by molar-refractivity contribution is 7.19. The molecule has 0 unspecified atom stereocenters. The Kier molecular flexibility index (Phi) is 4.15. The van der Waals surface area contributed by atoms with E-state index in [1.807, 2.05) is 36.4 Å². The number of amides is 1. The molecule has 4 nitrogen and oxygen atoms in total. The van der Waals surface area contributed by atoms with E-state index in [1.165, 1.54) is 0 Å². The van der Waals surface area contributed by atoms with Gasteiger partial charge in [-0.05, 0) is 31.0 Å². The predicted octanol–water partition coefficient (Wildman–Crippen LogP) is 5.05. The van der Waals surface area contributed by atoms with Gasteiger partial charge in [-0.3, -0.25) is 4.79 Å². The normalized spacial score (nSPS) is 11.1. The zero-order valence-electron chi connectivity index (χ0n) is 13.8. The number of pyridine rings is 1. The number of carbonyl (C=O) groups excluding carboxylic acids is 1. The fourth-order valence-corrected chi connectivity index (χ4v) is 4.02. The Labute approximate surface area is 149 Å². The highest BCUT2D eigenvalue weighted by Crippen LogP contribution is 2.34. The molecule has 4 aromatic rings. The standard InChI is InChI=1S/C20H17N3OS/c1-2-8-16-22-17-18(25-16)14-11-6-7-12-15(14)21-19(17)23-20(24)13-9-4-3-5-10-13/h3-7,9-12H,2,8H2,1H3,(H,21,23,24). The Hall–Kier alpha value is -2.79. The van der Waals surface area contributed by atoms with E-state index in [9.17, 15) is 4.79 Å². The third-order valence-electron chi connectivity index (χ3n) is 4.01. The van der Waals surface area contributed by atoms with Crippen LogP contribution >= 0.6 is 11.3 Å². The summed E-state index contributed by atoms with van der Waals surface area (Å²) in [5.74, 6) is 0.357. The van der Waals surface area contributed by atoms with Crippen molar-refractivity contribution in [3.8, 4) is 0 Å². The summed E-state index contributed by atoms with van der Waals surface area (Å²) < 4.78 is 1.08. The topological polar surface area (TPSA) is 54.9 Å². The number of carbonyl (C=O) groups is 1. The zero-order chi connectivity index (χ0) is 17.2. The summed E-state index contributed by atoms with van der Waals surface area (Å²) in [4.78, 5) is 21.9. The maximum atomic E-state index is 12.6. The Morgan fingerprint density at radius 3 is 2.60 bits per heavy atom. The molecule has 2 aromatic carbocycles. The van der Waals surface area contributed by atoms with Crippen molar-refractivity contribution in [1.29, 1.82) is 0 Å². The second-order valence-electron chi connectivity index (χ2n) is 5.83. The smallest absolute Gasteiger partial charge is 0.256 e. The molecule has 0 atom stereocenters. The molecule has 0 saturated heterocycles. The highest BCUT2D eigenvalue weighted by Gasteiger charge is 2.16. The van der Waals surface area contributed by atoms with Crippen molar-refractivity contribution in [1.82, 2.24) is 9.97 Å². The highest BCUT2D eigenvalue weighted by atomic mass is 32.1. The van der Waals surface area contributed by atoms with Gasteiger partial charge in [-0.15, -0.1) is 11.3 Å². The van der Waals surface area contributed by atoms with E-state index in [1.54, 1.807) is 23.5 Å². The number of rotatable bonds is 4. The second-order valence-corrected chi connectivity index (χ2v) is 6.92. The van der Waals surface area contributed by atoms with E-state index >= 15 is 0 Å². The Balaban J connectivity index is 1.85. The average molecular weight is 347 g/mol. The molecule has 1 amide bonds. The maximum absolute atomic E-state index is 12.6. The molecule has 2 heterocycles. The van der Waals surface area contributed by atoms with Gasteiger partial charge in [0, 0.05) is 10.9 Å². The van der Waals surface area contributed by atoms with Gasteiger partial charge in [0.2, 0.25) is 0 Å². The summed E-state index contributed by atoms with van der Waals surface area (Å²) in [7, 11) is 0. The van der Waals surface area contributed by atoms with Crippen molar-refractivity contribution in [2.24, 2.45) is 0 Å². The molecule has 0 aliphatic rings. The lowest BCUT2D eigenvalue weighted by atomic mass is 10.2. The van der Waals surface area contributed by atoms with Gasteiger partial charge in [-0.1, -0.05) is 43.3 Å². The monoisotopic (exact) mass is 347 g/mol. The SMILES string of the molecule is CCCc1nc2c(NC(=O)c3ccccc3)nc3ccccc3c2s1. The molecule has 5 heteroatoms. The number of thiazole rings is 1. The number of anilines is 1. The fraction of sp³-hybridized carbons (Fsp3) is 0.150. The molecule has 25 heavy (non-hydrogen) atoms. The van der Waals surface area contributed by atoms with Crippen molar-refractivity contribution in [2.45, 2.75) is 19.8 Å². The summed E-state index contributed by atoms with van der Waals surface area (Å²) >= 11 is 1.69. The van der Waals surface area contributed by atoms with Crippen LogP contribution in [-0.4, -0.2) is 15.9 Å². The van der Waals surface area contributed by atoms with Gasteiger partial charge in [-0.25, -0.2) is 9.97 Å². The van der Waals surface area contributed by atoms with Gasteiger partial charge >= 0.3 is 0 Å². The van der Waals surface area contributed by atoms with Crippen LogP contribution in [0.3, 0.4) is 0 Å². The minimum atomic E-state index is -0.172. The largest absolute Gasteiger partial charge is 0.305 e. The van der Waals surface area contributed by atoms with E-state index in [2.05, 4.69) is 23.3 Å². The van der Waals surface area contributed by atoms with Crippen molar-refractivity contribution >= 4 is 44.2 Å². The van der Waals surface area contributed by atoms with Gasteiger partial charge in [0.05, 0.1) is 15.2 Å². The van der Waals surface area contributed by atoms with Gasteiger partial charge in [0.1, 0.15) is 5.52 Å². The summed E-state index contributed by atoms with van der Waals surface area (Å²) in [6, 6.07) is 17.1. The van der Waals surface area contributed by atoms with Crippen molar-refractivity contribution in [2.75, 3.05) is 5.32 Å². The first-order valence-corrected chi connectivity index (χ1v) is 9.12. The predicted molar refractivity (Wildman–Crippen MR) is 103 cm³/mol. The van der Waals surface area contributed by atoms with Crippen LogP contribution in [0.15, 0.2) is 54.6 Å². The maximum Gasteiger partial charge on any atom is 0.256 e. The van der Waals surface area contributed by atoms with Crippen LogP contribution in [0.1, 0.15) is 28.7 Å². The number of fused-ring (bicyclic) bond motifs is 3. The number of nitrogens with zero attached hydrogens (tertiary/aromatic N) is 2. The van der Waals surface area contributed by atoms with Crippen LogP contribution in [0.4, 0.5) is 5.82 Å². The summed E-state index contributed by atoms with van der Waals surface area (Å²) in [5.41, 5.74) is 2.25. The molecule has 0 aliphatic heterocycles. The number of aryl methyl sites for hydroxylation is 1. The first kappa shape index (κ1) is 15.7. The molecular weight excluding hydrogens is 330 g/mol. The second kappa shape index (κ2) is 6.61. The van der Waals surface area contributed by atoms with E-state index in [4.69, 9.17) is 4.98 Å². The van der Waals surface area contributed by atoms with Crippen molar-refractivity contribution in [3.05, 3.63) is 65.2 Å². The van der Waals surface area contributed by atoms with Crippen LogP contribution in [-0.2, 0) is 6.42 Å². The number of hydrogen-bond acceptors (Lipinski definition) is 4. The van der Waals surface area contributed by atoms with Gasteiger partial charge < -0.3 is 5.32 Å². The van der Waals surface area contributed by atoms with Crippen molar-refractivity contribution < 1.29 is 4.79 Å². The molecule has 4 rings (SSSR count). The number of aromatic nitrogens is 2. The van der Waals surface area contributed by atoms with Gasteiger partial charge in [-0.2, -0.15) is 0 Å². The number of benzene rings is 2. The molecular formula is C20H17N3OS. The van der Waals surface area contributed by atoms with Crippen molar-refractivity contribution in [3.63, 3.8) is 0 Å². The molecule has 0 radical (unpaired) electrons. The van der Waals surface area contributed by atoms with Crippen LogP contribution < -0.4 is 5.32 Å². The average Bonchev–Trinajstić information content (AvgIpc) is 3.07. The molecule has 0 bridgehead atoms. The van der Waals surface area contributed by atoms with E-state index in [-0.39, 0.29) is 5.91 Å². The molecule has 0 spiro atoms. The molecule has 0 saturated carbocycles. The van der Waals surface area contributed by atoms with Crippen LogP contribution in [0.25, 0.3) is 21.1 Å². The third-order valence-corrected chi connectivity index (χ3v) is 5.16. The van der Waals surface area contributed by atoms with E-state index in [0.29, 0.717) is 11.4 Å². The Morgan fingerprint density at radius 2 is 1.80 bits per heavy atom. The lowest BCUT2D eigenvalue weighted by Crippen LogP contribution is -2.13. The Morgan fingerprint density at radius 1 is 1.04 bits per heavy atom. The zero-order valence-corrected chi connectivity index (χ0v) is 14.6. The first-order chi connectivity index (χ1) is 12.3. The lowest BCUT2D eigenvalue weighted by molar-refractivity contribution is 0.102. The van der Waals surface area contributed by atoms with Crippen LogP contribution in [0, 0.1) is 0 Å². The van der Waals surface area contributed by atoms with Crippen LogP contribution in [0.5, 0.6) is 0 Å². The number of nitrogens with one attached hydrogen (secondary N) is 1. The quantitative estimate of drug-likeness (QED) is 0.562. The lowest BCUT2D eigenvalue weighted by Gasteiger charge is -2.07. The number of para-hydroxylation sites is 1. The van der Waals surface area contributed by atoms with Crippen LogP contribution in [0.2, 0.25) is 0 Å². The molecule has 1 N–H and O–H groups in total. The minimum absolute atomic E-state index is 0.172. The first-order valence-electron chi connectivity index (χ1n) is 8.31. The number of hydrogen-bond donors (Lipinski definition) is 1. The van der Waals surface area contributed by atoms with Gasteiger partial charge in [0.15, 0.2) is 5.82 Å². The van der Waals surface area contributed by atoms with E-state index < -0.39 is 0 Å². The summed E-state index contributed by atoms with van der Waals surface area (Å²) in [5, 5.41) is 5.10. The molecule has 2 aromatic heterocycles. The Bertz CT molecular complexity index is 1060. The minimum Gasteiger partial charge on any atom is -0.305 e. The molecule has 124 valence electrons. The summed E-state index contributed by atoms with van der Waals surface area (Å²) in [6.07, 6.45) is 1.97.